The van der Waals surface area contributed by atoms with Crippen LogP contribution in [-0.4, -0.2) is 82.5 Å². The van der Waals surface area contributed by atoms with Crippen LogP contribution in [0.4, 0.5) is 15.3 Å². The minimum atomic E-state index is -1.40. The Morgan fingerprint density at radius 2 is 1.94 bits per heavy atom. The number of hydroxylamine groups is 1. The molecular weight excluding hydrogens is 414 g/mol. The number of nitrogens with zero attached hydrogens (tertiary/aromatic N) is 2. The summed E-state index contributed by atoms with van der Waals surface area (Å²) in [6.45, 7) is 0.0885. The lowest BCUT2D eigenvalue weighted by molar-refractivity contribution is -0.265. The molecule has 12 nitrogen and oxygen atoms in total. The van der Waals surface area contributed by atoms with E-state index in [4.69, 9.17) is 34.3 Å². The molecule has 2 amide bonds. The summed E-state index contributed by atoms with van der Waals surface area (Å²) in [5.41, 5.74) is 6.53. The first-order valence-electron chi connectivity index (χ1n) is 9.43. The molecular formula is C19H23N3O9. The van der Waals surface area contributed by atoms with Crippen LogP contribution in [-0.2, 0) is 23.8 Å². The van der Waals surface area contributed by atoms with Crippen LogP contribution in [0, 0.1) is 0 Å². The van der Waals surface area contributed by atoms with Gasteiger partial charge >= 0.3 is 18.2 Å². The van der Waals surface area contributed by atoms with E-state index in [-0.39, 0.29) is 18.2 Å². The topological polar surface area (TPSA) is 139 Å². The van der Waals surface area contributed by atoms with Gasteiger partial charge < -0.3 is 29.4 Å². The van der Waals surface area contributed by atoms with E-state index in [0.29, 0.717) is 23.5 Å². The predicted octanol–water partition coefficient (Wildman–Crippen LogP) is 0.588. The molecule has 2 N–H and O–H groups in total. The highest BCUT2D eigenvalue weighted by Gasteiger charge is 2.73. The normalized spacial score (nSPS) is 27.5. The van der Waals surface area contributed by atoms with Crippen molar-refractivity contribution in [2.24, 2.45) is 5.73 Å². The highest BCUT2D eigenvalue weighted by atomic mass is 16.8. The molecule has 0 saturated carbocycles. The average molecular weight is 437 g/mol. The molecule has 4 atom stereocenters. The molecule has 31 heavy (non-hydrogen) atoms. The van der Waals surface area contributed by atoms with Crippen LogP contribution in [0.3, 0.4) is 0 Å². The third kappa shape index (κ3) is 3.01. The van der Waals surface area contributed by atoms with Crippen molar-refractivity contribution in [1.82, 2.24) is 4.90 Å². The Labute approximate surface area is 177 Å². The Kier molecular flexibility index (Phi) is 5.06. The van der Waals surface area contributed by atoms with Gasteiger partial charge in [-0.15, -0.1) is 0 Å². The summed E-state index contributed by atoms with van der Waals surface area (Å²) in [6.07, 6.45) is -1.52. The zero-order chi connectivity index (χ0) is 22.5. The summed E-state index contributed by atoms with van der Waals surface area (Å²) < 4.78 is 26.2. The van der Waals surface area contributed by atoms with Gasteiger partial charge in [-0.05, 0) is 12.1 Å². The maximum absolute atomic E-state index is 12.3. The van der Waals surface area contributed by atoms with Crippen LogP contribution < -0.4 is 15.5 Å². The standard InChI is InChI=1S/C19H23N3O9/c1-26-13-6-9(16(23)27-2)5-11-14(13)10(8-30-17(20)24)19(29-4)15-12(7-21(11)31-19)22(15)18(25)28-3/h5-6,10,12,15H,7-8H2,1-4H3,(H2,20,24)/t10-,12+,15+,19-,22?/m1/s1. The van der Waals surface area contributed by atoms with Gasteiger partial charge in [-0.2, -0.15) is 0 Å². The zero-order valence-electron chi connectivity index (χ0n) is 17.4. The van der Waals surface area contributed by atoms with Gasteiger partial charge in [0, 0.05) is 12.7 Å². The third-order valence-corrected chi connectivity index (χ3v) is 5.91. The Morgan fingerprint density at radius 1 is 1.19 bits per heavy atom. The smallest absolute Gasteiger partial charge is 0.410 e. The Morgan fingerprint density at radius 3 is 2.52 bits per heavy atom. The van der Waals surface area contributed by atoms with Crippen molar-refractivity contribution in [3.05, 3.63) is 23.3 Å². The Balaban J connectivity index is 1.88. The lowest BCUT2D eigenvalue weighted by Crippen LogP contribution is -2.60. The number of benzene rings is 1. The average Bonchev–Trinajstić information content (AvgIpc) is 3.51. The number of hydrogen-bond acceptors (Lipinski definition) is 10. The van der Waals surface area contributed by atoms with E-state index >= 15 is 0 Å². The fourth-order valence-corrected chi connectivity index (χ4v) is 4.57. The molecule has 0 aliphatic carbocycles. The number of esters is 1. The summed E-state index contributed by atoms with van der Waals surface area (Å²) in [5.74, 6) is -2.36. The van der Waals surface area contributed by atoms with E-state index < -0.39 is 35.9 Å². The highest BCUT2D eigenvalue weighted by Crippen LogP contribution is 2.58. The predicted molar refractivity (Wildman–Crippen MR) is 103 cm³/mol. The molecule has 2 bridgehead atoms. The summed E-state index contributed by atoms with van der Waals surface area (Å²) in [5, 5.41) is 1.54. The largest absolute Gasteiger partial charge is 0.496 e. The number of anilines is 1. The maximum atomic E-state index is 12.3. The SMILES string of the molecule is COC(=O)c1cc(OC)c2c(c1)N1C[C@H]3[C@H](N3C(=O)OC)[C@](OC)(O1)[C@@H]2COC(N)=O. The molecule has 0 spiro atoms. The second kappa shape index (κ2) is 7.46. The van der Waals surface area contributed by atoms with Gasteiger partial charge in [0.15, 0.2) is 0 Å². The third-order valence-electron chi connectivity index (χ3n) is 5.91. The van der Waals surface area contributed by atoms with Crippen LogP contribution in [0.25, 0.3) is 0 Å². The summed E-state index contributed by atoms with van der Waals surface area (Å²) in [7, 11) is 5.44. The van der Waals surface area contributed by atoms with Crippen molar-refractivity contribution in [3.8, 4) is 5.75 Å². The molecule has 1 aromatic rings. The number of ether oxygens (including phenoxy) is 5. The van der Waals surface area contributed by atoms with E-state index in [1.54, 1.807) is 11.1 Å². The van der Waals surface area contributed by atoms with E-state index in [9.17, 15) is 14.4 Å². The van der Waals surface area contributed by atoms with Crippen molar-refractivity contribution in [2.45, 2.75) is 23.8 Å². The molecule has 3 aliphatic heterocycles. The summed E-state index contributed by atoms with van der Waals surface area (Å²) in [6, 6.07) is 2.33. The first-order valence-corrected chi connectivity index (χ1v) is 9.43. The van der Waals surface area contributed by atoms with Gasteiger partial charge in [0.1, 0.15) is 18.4 Å². The molecule has 0 unspecified atom stereocenters. The van der Waals surface area contributed by atoms with Gasteiger partial charge in [0.2, 0.25) is 5.79 Å². The van der Waals surface area contributed by atoms with E-state index in [1.165, 1.54) is 39.4 Å². The van der Waals surface area contributed by atoms with Crippen molar-refractivity contribution in [3.63, 3.8) is 0 Å². The second-order valence-corrected chi connectivity index (χ2v) is 7.25. The number of primary amides is 1. The Bertz CT molecular complexity index is 938. The first kappa shape index (κ1) is 21.0. The minimum absolute atomic E-state index is 0.212. The first-order chi connectivity index (χ1) is 14.8. The number of methoxy groups -OCH3 is 4. The second-order valence-electron chi connectivity index (χ2n) is 7.25. The van der Waals surface area contributed by atoms with Crippen LogP contribution in [0.15, 0.2) is 12.1 Å². The van der Waals surface area contributed by atoms with Crippen LogP contribution in [0.2, 0.25) is 0 Å². The molecule has 3 aliphatic rings. The highest BCUT2D eigenvalue weighted by molar-refractivity contribution is 5.92. The number of amides is 2. The number of rotatable bonds is 5. The lowest BCUT2D eigenvalue weighted by Gasteiger charge is -2.49. The van der Waals surface area contributed by atoms with Crippen molar-refractivity contribution in [1.29, 1.82) is 0 Å². The van der Waals surface area contributed by atoms with Gasteiger partial charge in [0.25, 0.3) is 0 Å². The molecule has 1 aromatic carbocycles. The molecule has 2 saturated heterocycles. The molecule has 4 rings (SSSR count). The van der Waals surface area contributed by atoms with Gasteiger partial charge in [-0.25, -0.2) is 24.3 Å². The number of hydrogen-bond donors (Lipinski definition) is 1. The summed E-state index contributed by atoms with van der Waals surface area (Å²) in [4.78, 5) is 43.6. The fraction of sp³-hybridized carbons (Fsp3) is 0.526. The van der Waals surface area contributed by atoms with E-state index in [1.807, 2.05) is 0 Å². The lowest BCUT2D eigenvalue weighted by atomic mass is 9.82. The van der Waals surface area contributed by atoms with Gasteiger partial charge in [0.05, 0.1) is 51.1 Å². The van der Waals surface area contributed by atoms with Crippen LogP contribution in [0.1, 0.15) is 21.8 Å². The number of fused-ring (bicyclic) bond motifs is 6. The zero-order valence-corrected chi connectivity index (χ0v) is 17.4. The maximum Gasteiger partial charge on any atom is 0.410 e. The van der Waals surface area contributed by atoms with Crippen LogP contribution in [0.5, 0.6) is 5.75 Å². The number of nitrogens with two attached hydrogens (primary N) is 1. The molecule has 0 aromatic heterocycles. The number of carbonyl (C=O) groups excluding carboxylic acids is 3. The minimum Gasteiger partial charge on any atom is -0.496 e. The fourth-order valence-electron chi connectivity index (χ4n) is 4.57. The van der Waals surface area contributed by atoms with E-state index in [0.717, 1.165) is 0 Å². The molecule has 12 heteroatoms. The molecule has 3 heterocycles. The van der Waals surface area contributed by atoms with Crippen molar-refractivity contribution >= 4 is 23.8 Å². The van der Waals surface area contributed by atoms with Crippen LogP contribution >= 0.6 is 0 Å². The Hall–Kier alpha value is -3.25. The molecule has 168 valence electrons. The molecule has 2 fully saturated rings. The van der Waals surface area contributed by atoms with Gasteiger partial charge in [-0.3, -0.25) is 4.90 Å². The summed E-state index contributed by atoms with van der Waals surface area (Å²) >= 11 is 0. The quantitative estimate of drug-likeness (QED) is 0.395. The van der Waals surface area contributed by atoms with Crippen molar-refractivity contribution in [2.75, 3.05) is 46.7 Å². The van der Waals surface area contributed by atoms with Gasteiger partial charge in [-0.1, -0.05) is 0 Å². The monoisotopic (exact) mass is 437 g/mol. The molecule has 0 radical (unpaired) electrons. The van der Waals surface area contributed by atoms with Crippen molar-refractivity contribution < 1.29 is 42.9 Å². The van der Waals surface area contributed by atoms with E-state index in [2.05, 4.69) is 0 Å². The number of carbonyl (C=O) groups is 3.